The third-order valence-electron chi connectivity index (χ3n) is 2.67. The molecule has 3 aromatic heterocycles. The summed E-state index contributed by atoms with van der Waals surface area (Å²) < 4.78 is 0.879. The fraction of sp³-hybridized carbons (Fsp3) is 0.333. The summed E-state index contributed by atoms with van der Waals surface area (Å²) in [5.74, 6) is 0.629. The summed E-state index contributed by atoms with van der Waals surface area (Å²) in [6, 6.07) is 2.12. The quantitative estimate of drug-likeness (QED) is 0.733. The summed E-state index contributed by atoms with van der Waals surface area (Å²) in [5.41, 5.74) is 0. The van der Waals surface area contributed by atoms with Crippen molar-refractivity contribution in [2.75, 3.05) is 31.4 Å². The molecule has 0 aliphatic carbocycles. The van der Waals surface area contributed by atoms with Crippen LogP contribution in [-0.4, -0.2) is 41.3 Å². The van der Waals surface area contributed by atoms with Crippen LogP contribution in [0.2, 0.25) is 0 Å². The van der Waals surface area contributed by atoms with Crippen LogP contribution < -0.4 is 10.2 Å². The molecule has 0 radical (unpaired) electrons. The van der Waals surface area contributed by atoms with Gasteiger partial charge in [0.25, 0.3) is 0 Å². The predicted molar refractivity (Wildman–Crippen MR) is 90.1 cm³/mol. The molecule has 0 atom stereocenters. The number of thiophene rings is 1. The Balaban J connectivity index is 2.01. The number of anilines is 2. The highest BCUT2D eigenvalue weighted by Gasteiger charge is 2.14. The molecule has 3 aromatic rings. The van der Waals surface area contributed by atoms with Crippen LogP contribution in [0.5, 0.6) is 0 Å². The van der Waals surface area contributed by atoms with Crippen LogP contribution in [0.4, 0.5) is 11.1 Å². The second kappa shape index (κ2) is 5.74. The number of nitrogens with one attached hydrogen (secondary N) is 1. The van der Waals surface area contributed by atoms with Crippen molar-refractivity contribution in [2.45, 2.75) is 16.3 Å². The summed E-state index contributed by atoms with van der Waals surface area (Å²) in [5, 5.41) is 14.3. The third kappa shape index (κ3) is 2.94. The minimum absolute atomic E-state index is 0.629. The monoisotopic (exact) mass is 338 g/mol. The van der Waals surface area contributed by atoms with Crippen LogP contribution in [0.1, 0.15) is 4.88 Å². The molecule has 6 nitrogen and oxygen atoms in total. The molecule has 0 aliphatic heterocycles. The highest BCUT2D eigenvalue weighted by molar-refractivity contribution is 8.01. The molecule has 110 valence electrons. The first-order valence-corrected chi connectivity index (χ1v) is 8.66. The van der Waals surface area contributed by atoms with Gasteiger partial charge in [0.2, 0.25) is 11.1 Å². The van der Waals surface area contributed by atoms with Crippen LogP contribution in [-0.2, 0) is 0 Å². The van der Waals surface area contributed by atoms with E-state index in [4.69, 9.17) is 0 Å². The molecule has 0 aromatic carbocycles. The van der Waals surface area contributed by atoms with Gasteiger partial charge in [0.1, 0.15) is 9.86 Å². The van der Waals surface area contributed by atoms with Gasteiger partial charge in [-0.2, -0.15) is 0 Å². The Bertz CT molecular complexity index is 778. The fourth-order valence-corrected chi connectivity index (χ4v) is 4.43. The lowest BCUT2D eigenvalue weighted by Crippen LogP contribution is -2.07. The maximum Gasteiger partial charge on any atom is 0.224 e. The molecule has 9 heteroatoms. The predicted octanol–water partition coefficient (Wildman–Crippen LogP) is 3.11. The number of fused-ring (bicyclic) bond motifs is 1. The summed E-state index contributed by atoms with van der Waals surface area (Å²) in [7, 11) is 5.74. The van der Waals surface area contributed by atoms with Crippen LogP contribution in [0.15, 0.2) is 15.4 Å². The summed E-state index contributed by atoms with van der Waals surface area (Å²) in [4.78, 5) is 13.2. The molecular formula is C12H14N6S3. The van der Waals surface area contributed by atoms with E-state index in [0.717, 1.165) is 24.7 Å². The van der Waals surface area contributed by atoms with Gasteiger partial charge in [0.15, 0.2) is 4.34 Å². The standard InChI is InChI=1S/C12H14N6S3/c1-6-5-7-8(19-6)14-10(13-2)15-9(7)20-12-17-16-11(21-12)18(3)4/h5H,1-4H3,(H,13,14,15). The first kappa shape index (κ1) is 14.5. The van der Waals surface area contributed by atoms with Gasteiger partial charge in [0.05, 0.1) is 0 Å². The topological polar surface area (TPSA) is 66.8 Å². The van der Waals surface area contributed by atoms with E-state index in [-0.39, 0.29) is 0 Å². The van der Waals surface area contributed by atoms with Crippen LogP contribution in [0, 0.1) is 6.92 Å². The number of rotatable bonds is 4. The molecule has 3 rings (SSSR count). The molecular weight excluding hydrogens is 324 g/mol. The van der Waals surface area contributed by atoms with E-state index in [2.05, 4.69) is 38.5 Å². The zero-order valence-electron chi connectivity index (χ0n) is 12.0. The minimum atomic E-state index is 0.629. The van der Waals surface area contributed by atoms with E-state index in [1.165, 1.54) is 16.6 Å². The van der Waals surface area contributed by atoms with E-state index in [1.54, 1.807) is 22.7 Å². The average Bonchev–Trinajstić information content (AvgIpc) is 3.04. The summed E-state index contributed by atoms with van der Waals surface area (Å²) >= 11 is 4.76. The number of aromatic nitrogens is 4. The van der Waals surface area contributed by atoms with Crippen molar-refractivity contribution in [2.24, 2.45) is 0 Å². The van der Waals surface area contributed by atoms with Gasteiger partial charge in [-0.1, -0.05) is 11.3 Å². The zero-order valence-corrected chi connectivity index (χ0v) is 14.5. The number of aryl methyl sites for hydroxylation is 1. The summed E-state index contributed by atoms with van der Waals surface area (Å²) in [6.45, 7) is 2.08. The summed E-state index contributed by atoms with van der Waals surface area (Å²) in [6.07, 6.45) is 0. The van der Waals surface area contributed by atoms with Gasteiger partial charge in [-0.3, -0.25) is 0 Å². The minimum Gasteiger partial charge on any atom is -0.357 e. The second-order valence-electron chi connectivity index (χ2n) is 4.53. The number of hydrogen-bond donors (Lipinski definition) is 1. The lowest BCUT2D eigenvalue weighted by molar-refractivity contribution is 0.970. The Morgan fingerprint density at radius 1 is 1.19 bits per heavy atom. The van der Waals surface area contributed by atoms with Crippen molar-refractivity contribution in [1.29, 1.82) is 0 Å². The molecule has 0 spiro atoms. The van der Waals surface area contributed by atoms with Gasteiger partial charge >= 0.3 is 0 Å². The third-order valence-corrected chi connectivity index (χ3v) is 5.76. The van der Waals surface area contributed by atoms with E-state index in [9.17, 15) is 0 Å². The van der Waals surface area contributed by atoms with E-state index in [0.29, 0.717) is 5.95 Å². The molecule has 0 amide bonds. The first-order chi connectivity index (χ1) is 10.1. The van der Waals surface area contributed by atoms with Crippen molar-refractivity contribution in [1.82, 2.24) is 20.2 Å². The van der Waals surface area contributed by atoms with Gasteiger partial charge in [-0.05, 0) is 24.8 Å². The molecule has 0 bridgehead atoms. The van der Waals surface area contributed by atoms with Crippen molar-refractivity contribution >= 4 is 55.7 Å². The van der Waals surface area contributed by atoms with Crippen molar-refractivity contribution in [3.63, 3.8) is 0 Å². The first-order valence-electron chi connectivity index (χ1n) is 6.21. The lowest BCUT2D eigenvalue weighted by Gasteiger charge is -2.04. The van der Waals surface area contributed by atoms with Gasteiger partial charge in [0, 0.05) is 31.4 Å². The smallest absolute Gasteiger partial charge is 0.224 e. The Morgan fingerprint density at radius 3 is 2.67 bits per heavy atom. The highest BCUT2D eigenvalue weighted by atomic mass is 32.2. The molecule has 0 saturated heterocycles. The van der Waals surface area contributed by atoms with E-state index >= 15 is 0 Å². The van der Waals surface area contributed by atoms with Crippen molar-refractivity contribution < 1.29 is 0 Å². The molecule has 0 aliphatic rings. The average molecular weight is 338 g/mol. The van der Waals surface area contributed by atoms with Crippen LogP contribution >= 0.6 is 34.4 Å². The largest absolute Gasteiger partial charge is 0.357 e. The maximum absolute atomic E-state index is 4.55. The normalized spacial score (nSPS) is 11.0. The Hall–Kier alpha value is -1.45. The fourth-order valence-electron chi connectivity index (χ4n) is 1.71. The molecule has 0 saturated carbocycles. The maximum atomic E-state index is 4.55. The highest BCUT2D eigenvalue weighted by Crippen LogP contribution is 2.37. The van der Waals surface area contributed by atoms with Gasteiger partial charge in [-0.25, -0.2) is 9.97 Å². The van der Waals surface area contributed by atoms with E-state index < -0.39 is 0 Å². The lowest BCUT2D eigenvalue weighted by atomic mass is 10.4. The molecule has 0 fully saturated rings. The number of nitrogens with zero attached hydrogens (tertiary/aromatic N) is 5. The van der Waals surface area contributed by atoms with Crippen LogP contribution in [0.3, 0.4) is 0 Å². The second-order valence-corrected chi connectivity index (χ2v) is 7.95. The SMILES string of the molecule is CNc1nc(Sc2nnc(N(C)C)s2)c2cc(C)sc2n1. The van der Waals surface area contributed by atoms with E-state index in [1.807, 2.05) is 26.0 Å². The van der Waals surface area contributed by atoms with Gasteiger partial charge in [-0.15, -0.1) is 21.5 Å². The Kier molecular flexibility index (Phi) is 3.96. The van der Waals surface area contributed by atoms with Crippen LogP contribution in [0.25, 0.3) is 10.2 Å². The molecule has 21 heavy (non-hydrogen) atoms. The molecule has 0 unspecified atom stereocenters. The zero-order chi connectivity index (χ0) is 15.0. The van der Waals surface area contributed by atoms with Gasteiger partial charge < -0.3 is 10.2 Å². The molecule has 3 heterocycles. The van der Waals surface area contributed by atoms with Crippen molar-refractivity contribution in [3.8, 4) is 0 Å². The Morgan fingerprint density at radius 2 is 2.00 bits per heavy atom. The van der Waals surface area contributed by atoms with Crippen molar-refractivity contribution in [3.05, 3.63) is 10.9 Å². The molecule has 1 N–H and O–H groups in total. The number of hydrogen-bond acceptors (Lipinski definition) is 9. The Labute approximate surface area is 134 Å².